The van der Waals surface area contributed by atoms with E-state index in [0.717, 1.165) is 34.6 Å². The van der Waals surface area contributed by atoms with Crippen molar-refractivity contribution in [2.45, 2.75) is 32.7 Å². The largest absolute Gasteiger partial charge is 0.493 e. The number of carboxylic acid groups (broad SMARTS) is 1. The van der Waals surface area contributed by atoms with Gasteiger partial charge in [0.1, 0.15) is 23.3 Å². The van der Waals surface area contributed by atoms with Gasteiger partial charge in [-0.15, -0.1) is 0 Å². The molecule has 4 aromatic rings. The van der Waals surface area contributed by atoms with Gasteiger partial charge in [-0.2, -0.15) is 0 Å². The highest BCUT2D eigenvalue weighted by molar-refractivity contribution is 9.10. The van der Waals surface area contributed by atoms with Crippen LogP contribution in [0.5, 0.6) is 17.2 Å². The predicted molar refractivity (Wildman–Crippen MR) is 160 cm³/mol. The van der Waals surface area contributed by atoms with Crippen LogP contribution in [0.1, 0.15) is 36.2 Å². The second-order valence-corrected chi connectivity index (χ2v) is 10.8. The van der Waals surface area contributed by atoms with Crippen LogP contribution in [0.4, 0.5) is 0 Å². The molecule has 2 N–H and O–H groups in total. The molecule has 0 heterocycles. The molecule has 1 amide bonds. The van der Waals surface area contributed by atoms with E-state index in [1.54, 1.807) is 18.2 Å². The van der Waals surface area contributed by atoms with Crippen LogP contribution in [0.15, 0.2) is 102 Å². The summed E-state index contributed by atoms with van der Waals surface area (Å²) in [5.74, 6) is 0.725. The molecule has 0 spiro atoms. The van der Waals surface area contributed by atoms with Crippen molar-refractivity contribution in [1.82, 2.24) is 5.32 Å². The maximum Gasteiger partial charge on any atom is 0.326 e. The molecule has 0 saturated carbocycles. The quantitative estimate of drug-likeness (QED) is 0.173. The average molecular weight is 603 g/mol. The summed E-state index contributed by atoms with van der Waals surface area (Å²) < 4.78 is 12.6. The fourth-order valence-corrected chi connectivity index (χ4v) is 4.47. The summed E-state index contributed by atoms with van der Waals surface area (Å²) in [4.78, 5) is 25.3. The third-order valence-corrected chi connectivity index (χ3v) is 6.80. The van der Waals surface area contributed by atoms with Gasteiger partial charge in [-0.25, -0.2) is 4.79 Å². The number of hydrogen-bond acceptors (Lipinski definition) is 4. The van der Waals surface area contributed by atoms with Crippen LogP contribution in [0.25, 0.3) is 11.1 Å². The molecule has 40 heavy (non-hydrogen) atoms. The second kappa shape index (κ2) is 13.8. The molecule has 1 unspecified atom stereocenters. The molecular weight excluding hydrogens is 570 g/mol. The van der Waals surface area contributed by atoms with E-state index < -0.39 is 17.9 Å². The minimum Gasteiger partial charge on any atom is -0.493 e. The SMILES string of the molecule is CC(C)CCOc1ccc(Br)cc1C(=O)NC(Cc1ccc(-c2ccccc2Oc2ccccc2)cc1)C(=O)O. The normalized spacial score (nSPS) is 11.6. The molecule has 1 atom stereocenters. The van der Waals surface area contributed by atoms with Gasteiger partial charge in [0.05, 0.1) is 12.2 Å². The monoisotopic (exact) mass is 601 g/mol. The fourth-order valence-electron chi connectivity index (χ4n) is 4.11. The van der Waals surface area contributed by atoms with E-state index in [-0.39, 0.29) is 12.0 Å². The molecule has 0 radical (unpaired) electrons. The number of rotatable bonds is 12. The van der Waals surface area contributed by atoms with E-state index in [2.05, 4.69) is 35.1 Å². The Kier molecular flexibility index (Phi) is 9.97. The van der Waals surface area contributed by atoms with Gasteiger partial charge >= 0.3 is 5.97 Å². The molecule has 4 rings (SSSR count). The summed E-state index contributed by atoms with van der Waals surface area (Å²) in [6, 6.07) is 29.0. The maximum absolute atomic E-state index is 13.2. The lowest BCUT2D eigenvalue weighted by Crippen LogP contribution is -2.42. The molecule has 0 bridgehead atoms. The van der Waals surface area contributed by atoms with Crippen LogP contribution in [-0.2, 0) is 11.2 Å². The van der Waals surface area contributed by atoms with Crippen molar-refractivity contribution in [2.24, 2.45) is 5.92 Å². The minimum atomic E-state index is -1.12. The Morgan fingerprint density at radius 1 is 0.875 bits per heavy atom. The van der Waals surface area contributed by atoms with Gasteiger partial charge in [0.15, 0.2) is 0 Å². The number of carbonyl (C=O) groups excluding carboxylic acids is 1. The number of carbonyl (C=O) groups is 2. The average Bonchev–Trinajstić information content (AvgIpc) is 2.94. The fraction of sp³-hybridized carbons (Fsp3) is 0.212. The predicted octanol–water partition coefficient (Wildman–Crippen LogP) is 7.76. The number of halogens is 1. The Hall–Kier alpha value is -4.10. The summed E-state index contributed by atoms with van der Waals surface area (Å²) in [5.41, 5.74) is 2.92. The number of hydrogen-bond donors (Lipinski definition) is 2. The Bertz CT molecular complexity index is 1440. The molecule has 0 aliphatic heterocycles. The summed E-state index contributed by atoms with van der Waals surface area (Å²) in [5, 5.41) is 12.6. The number of nitrogens with one attached hydrogen (secondary N) is 1. The first kappa shape index (κ1) is 28.9. The van der Waals surface area contributed by atoms with Crippen LogP contribution in [0, 0.1) is 5.92 Å². The molecule has 6 nitrogen and oxygen atoms in total. The number of benzene rings is 4. The van der Waals surface area contributed by atoms with Gasteiger partial charge < -0.3 is 19.9 Å². The summed E-state index contributed by atoms with van der Waals surface area (Å²) in [6.07, 6.45) is 0.967. The summed E-state index contributed by atoms with van der Waals surface area (Å²) >= 11 is 3.39. The Labute approximate surface area is 243 Å². The summed E-state index contributed by atoms with van der Waals surface area (Å²) in [6.45, 7) is 4.66. The summed E-state index contributed by atoms with van der Waals surface area (Å²) in [7, 11) is 0. The molecule has 7 heteroatoms. The first-order valence-electron chi connectivity index (χ1n) is 13.2. The van der Waals surface area contributed by atoms with Crippen molar-refractivity contribution < 1.29 is 24.2 Å². The lowest BCUT2D eigenvalue weighted by atomic mass is 9.99. The number of carboxylic acids is 1. The third-order valence-electron chi connectivity index (χ3n) is 6.31. The first-order chi connectivity index (χ1) is 19.3. The van der Waals surface area contributed by atoms with Crippen LogP contribution in [0.3, 0.4) is 0 Å². The molecule has 0 aromatic heterocycles. The van der Waals surface area contributed by atoms with Crippen molar-refractivity contribution in [2.75, 3.05) is 6.61 Å². The third kappa shape index (κ3) is 7.96. The number of ether oxygens (including phenoxy) is 2. The van der Waals surface area contributed by atoms with Crippen molar-refractivity contribution in [3.63, 3.8) is 0 Å². The number of aliphatic carboxylic acids is 1. The van der Waals surface area contributed by atoms with E-state index >= 15 is 0 Å². The van der Waals surface area contributed by atoms with E-state index in [4.69, 9.17) is 9.47 Å². The lowest BCUT2D eigenvalue weighted by molar-refractivity contribution is -0.139. The highest BCUT2D eigenvalue weighted by Crippen LogP contribution is 2.33. The van der Waals surface area contributed by atoms with Gasteiger partial charge in [0.2, 0.25) is 0 Å². The van der Waals surface area contributed by atoms with E-state index in [9.17, 15) is 14.7 Å². The Balaban J connectivity index is 1.47. The smallest absolute Gasteiger partial charge is 0.326 e. The molecular formula is C33H32BrNO5. The molecule has 4 aromatic carbocycles. The number of amides is 1. The standard InChI is InChI=1S/C33H32BrNO5/c1-22(2)18-19-39-30-17-16-25(34)21-28(30)32(36)35-29(33(37)38)20-23-12-14-24(15-13-23)27-10-6-7-11-31(27)40-26-8-4-3-5-9-26/h3-17,21-22,29H,18-20H2,1-2H3,(H,35,36)(H,37,38). The molecule has 206 valence electrons. The van der Waals surface area contributed by atoms with Crippen LogP contribution < -0.4 is 14.8 Å². The maximum atomic E-state index is 13.2. The van der Waals surface area contributed by atoms with Crippen molar-refractivity contribution in [3.05, 3.63) is 113 Å². The highest BCUT2D eigenvalue weighted by Gasteiger charge is 2.23. The van der Waals surface area contributed by atoms with Crippen LogP contribution in [0.2, 0.25) is 0 Å². The van der Waals surface area contributed by atoms with Crippen LogP contribution >= 0.6 is 15.9 Å². The second-order valence-electron chi connectivity index (χ2n) is 9.85. The van der Waals surface area contributed by atoms with Gasteiger partial charge in [-0.3, -0.25) is 4.79 Å². The van der Waals surface area contributed by atoms with Crippen molar-refractivity contribution in [1.29, 1.82) is 0 Å². The Morgan fingerprint density at radius 3 is 2.27 bits per heavy atom. The van der Waals surface area contributed by atoms with E-state index in [1.807, 2.05) is 78.9 Å². The van der Waals surface area contributed by atoms with Crippen LogP contribution in [-0.4, -0.2) is 29.6 Å². The van der Waals surface area contributed by atoms with Crippen molar-refractivity contribution in [3.8, 4) is 28.4 Å². The Morgan fingerprint density at radius 2 is 1.57 bits per heavy atom. The first-order valence-corrected chi connectivity index (χ1v) is 14.0. The van der Waals surface area contributed by atoms with Crippen molar-refractivity contribution >= 4 is 27.8 Å². The molecule has 0 saturated heterocycles. The van der Waals surface area contributed by atoms with Gasteiger partial charge in [-0.05, 0) is 59.9 Å². The lowest BCUT2D eigenvalue weighted by Gasteiger charge is -2.17. The highest BCUT2D eigenvalue weighted by atomic mass is 79.9. The van der Waals surface area contributed by atoms with E-state index in [0.29, 0.717) is 22.7 Å². The zero-order valence-corrected chi connectivity index (χ0v) is 24.1. The van der Waals surface area contributed by atoms with Gasteiger partial charge in [0.25, 0.3) is 5.91 Å². The zero-order valence-electron chi connectivity index (χ0n) is 22.5. The zero-order chi connectivity index (χ0) is 28.5. The van der Waals surface area contributed by atoms with E-state index in [1.165, 1.54) is 0 Å². The number of para-hydroxylation sites is 2. The molecule has 0 fully saturated rings. The molecule has 0 aliphatic carbocycles. The topological polar surface area (TPSA) is 84.9 Å². The molecule has 0 aliphatic rings. The van der Waals surface area contributed by atoms with Gasteiger partial charge in [0, 0.05) is 16.5 Å². The minimum absolute atomic E-state index is 0.126. The van der Waals surface area contributed by atoms with Gasteiger partial charge in [-0.1, -0.05) is 90.4 Å².